The smallest absolute Gasteiger partial charge is 0.255 e. The topological polar surface area (TPSA) is 66.5 Å². The predicted octanol–water partition coefficient (Wildman–Crippen LogP) is 4.12. The van der Waals surface area contributed by atoms with Crippen molar-refractivity contribution in [3.63, 3.8) is 0 Å². The van der Waals surface area contributed by atoms with Gasteiger partial charge in [-0.15, -0.1) is 0 Å². The number of carbonyl (C=O) groups is 3. The van der Waals surface area contributed by atoms with Crippen LogP contribution in [-0.2, 0) is 9.59 Å². The van der Waals surface area contributed by atoms with Gasteiger partial charge < -0.3 is 5.32 Å². The number of halogens is 2. The highest BCUT2D eigenvalue weighted by atomic mass is 79.9. The maximum absolute atomic E-state index is 12.5. The molecule has 2 aromatic carbocycles. The van der Waals surface area contributed by atoms with Gasteiger partial charge in [0.15, 0.2) is 0 Å². The maximum Gasteiger partial charge on any atom is 0.255 e. The Morgan fingerprint density at radius 3 is 2.42 bits per heavy atom. The zero-order valence-electron chi connectivity index (χ0n) is 12.4. The number of carbonyl (C=O) groups excluding carboxylic acids is 3. The standard InChI is InChI=1S/C17H12Br2N2O3/c18-11-4-5-13(19)14(9-11)20-17(24)10-2-1-3-12(8-10)21-15(22)6-7-16(21)23/h1-5,8-9H,6-7H2,(H,20,24). The summed E-state index contributed by atoms with van der Waals surface area (Å²) in [7, 11) is 0. The Morgan fingerprint density at radius 1 is 1.00 bits per heavy atom. The summed E-state index contributed by atoms with van der Waals surface area (Å²) in [5.74, 6) is -0.811. The Morgan fingerprint density at radius 2 is 1.71 bits per heavy atom. The van der Waals surface area contributed by atoms with E-state index in [4.69, 9.17) is 0 Å². The van der Waals surface area contributed by atoms with E-state index in [2.05, 4.69) is 37.2 Å². The van der Waals surface area contributed by atoms with Crippen molar-refractivity contribution >= 4 is 61.0 Å². The van der Waals surface area contributed by atoms with Crippen LogP contribution in [0.15, 0.2) is 51.4 Å². The molecule has 1 N–H and O–H groups in total. The van der Waals surface area contributed by atoms with E-state index in [-0.39, 0.29) is 30.6 Å². The highest BCUT2D eigenvalue weighted by Gasteiger charge is 2.30. The molecule has 0 saturated carbocycles. The van der Waals surface area contributed by atoms with E-state index in [0.717, 1.165) is 13.8 Å². The van der Waals surface area contributed by atoms with Crippen molar-refractivity contribution in [1.29, 1.82) is 0 Å². The van der Waals surface area contributed by atoms with Crippen LogP contribution in [0.2, 0.25) is 0 Å². The van der Waals surface area contributed by atoms with Crippen molar-refractivity contribution in [3.05, 3.63) is 57.0 Å². The molecule has 0 unspecified atom stereocenters. The molecule has 5 nitrogen and oxygen atoms in total. The van der Waals surface area contributed by atoms with E-state index in [1.807, 2.05) is 12.1 Å². The number of benzene rings is 2. The fraction of sp³-hybridized carbons (Fsp3) is 0.118. The van der Waals surface area contributed by atoms with E-state index < -0.39 is 0 Å². The van der Waals surface area contributed by atoms with Crippen molar-refractivity contribution in [2.24, 2.45) is 0 Å². The lowest BCUT2D eigenvalue weighted by Crippen LogP contribution is -2.28. The van der Waals surface area contributed by atoms with Gasteiger partial charge >= 0.3 is 0 Å². The molecule has 3 amide bonds. The third-order valence-electron chi connectivity index (χ3n) is 3.59. The lowest BCUT2D eigenvalue weighted by Gasteiger charge is -2.15. The molecule has 2 aromatic rings. The van der Waals surface area contributed by atoms with E-state index in [9.17, 15) is 14.4 Å². The molecule has 0 spiro atoms. The minimum atomic E-state index is -0.324. The van der Waals surface area contributed by atoms with E-state index in [1.165, 1.54) is 0 Å². The van der Waals surface area contributed by atoms with E-state index in [1.54, 1.807) is 30.3 Å². The number of anilines is 2. The van der Waals surface area contributed by atoms with Gasteiger partial charge in [-0.05, 0) is 52.3 Å². The molecule has 1 aliphatic rings. The molecular formula is C17H12Br2N2O3. The first kappa shape index (κ1) is 16.9. The van der Waals surface area contributed by atoms with Gasteiger partial charge in [-0.25, -0.2) is 0 Å². The number of nitrogens with one attached hydrogen (secondary N) is 1. The highest BCUT2D eigenvalue weighted by molar-refractivity contribution is 9.11. The van der Waals surface area contributed by atoms with Crippen molar-refractivity contribution in [1.82, 2.24) is 0 Å². The largest absolute Gasteiger partial charge is 0.321 e. The van der Waals surface area contributed by atoms with Gasteiger partial charge in [-0.1, -0.05) is 22.0 Å². The van der Waals surface area contributed by atoms with E-state index >= 15 is 0 Å². The Balaban J connectivity index is 1.86. The molecule has 0 aromatic heterocycles. The Kier molecular flexibility index (Phi) is 4.82. The average Bonchev–Trinajstić information content (AvgIpc) is 2.90. The molecule has 0 bridgehead atoms. The molecule has 0 atom stereocenters. The first-order valence-corrected chi connectivity index (χ1v) is 8.76. The molecule has 7 heteroatoms. The zero-order valence-corrected chi connectivity index (χ0v) is 15.6. The van der Waals surface area contributed by atoms with Crippen LogP contribution in [0, 0.1) is 0 Å². The fourth-order valence-corrected chi connectivity index (χ4v) is 3.15. The van der Waals surface area contributed by atoms with Crippen molar-refractivity contribution in [3.8, 4) is 0 Å². The second-order valence-corrected chi connectivity index (χ2v) is 7.02. The highest BCUT2D eigenvalue weighted by Crippen LogP contribution is 2.27. The third-order valence-corrected chi connectivity index (χ3v) is 4.78. The summed E-state index contributed by atoms with van der Waals surface area (Å²) in [4.78, 5) is 37.3. The number of hydrogen-bond donors (Lipinski definition) is 1. The molecule has 1 fully saturated rings. The van der Waals surface area contributed by atoms with Crippen molar-refractivity contribution < 1.29 is 14.4 Å². The summed E-state index contributed by atoms with van der Waals surface area (Å²) < 4.78 is 1.59. The molecule has 1 heterocycles. The quantitative estimate of drug-likeness (QED) is 0.714. The number of hydrogen-bond acceptors (Lipinski definition) is 3. The summed E-state index contributed by atoms with van der Waals surface area (Å²) in [6, 6.07) is 11.9. The first-order chi connectivity index (χ1) is 11.5. The molecule has 1 saturated heterocycles. The fourth-order valence-electron chi connectivity index (χ4n) is 2.44. The molecule has 0 radical (unpaired) electrons. The Hall–Kier alpha value is -1.99. The number of amides is 3. The molecule has 3 rings (SSSR count). The lowest BCUT2D eigenvalue weighted by molar-refractivity contribution is -0.121. The van der Waals surface area contributed by atoms with Crippen LogP contribution in [0.1, 0.15) is 23.2 Å². The van der Waals surface area contributed by atoms with Crippen LogP contribution in [0.25, 0.3) is 0 Å². The monoisotopic (exact) mass is 450 g/mol. The Bertz CT molecular complexity index is 835. The summed E-state index contributed by atoms with van der Waals surface area (Å²) in [5.41, 5.74) is 1.41. The van der Waals surface area contributed by atoms with Crippen molar-refractivity contribution in [2.45, 2.75) is 12.8 Å². The van der Waals surface area contributed by atoms with Crippen LogP contribution in [0.3, 0.4) is 0 Å². The van der Waals surface area contributed by atoms with Crippen molar-refractivity contribution in [2.75, 3.05) is 10.2 Å². The third kappa shape index (κ3) is 3.42. The second-order valence-electron chi connectivity index (χ2n) is 5.25. The zero-order chi connectivity index (χ0) is 17.3. The van der Waals surface area contributed by atoms with Gasteiger partial charge in [0.1, 0.15) is 0 Å². The van der Waals surface area contributed by atoms with Gasteiger partial charge in [0.05, 0.1) is 11.4 Å². The lowest BCUT2D eigenvalue weighted by atomic mass is 10.1. The molecule has 0 aliphatic carbocycles. The van der Waals surface area contributed by atoms with Gasteiger partial charge in [-0.2, -0.15) is 0 Å². The van der Waals surface area contributed by atoms with Crippen LogP contribution in [0.5, 0.6) is 0 Å². The van der Waals surface area contributed by atoms with Gasteiger partial charge in [0.2, 0.25) is 11.8 Å². The summed E-state index contributed by atoms with van der Waals surface area (Å²) in [6.45, 7) is 0. The molecular weight excluding hydrogens is 440 g/mol. The molecule has 122 valence electrons. The van der Waals surface area contributed by atoms with E-state index in [0.29, 0.717) is 16.9 Å². The van der Waals surface area contributed by atoms with Gasteiger partial charge in [-0.3, -0.25) is 19.3 Å². The van der Waals surface area contributed by atoms with Gasteiger partial charge in [0, 0.05) is 27.4 Å². The van der Waals surface area contributed by atoms with Gasteiger partial charge in [0.25, 0.3) is 5.91 Å². The molecule has 1 aliphatic heterocycles. The minimum Gasteiger partial charge on any atom is -0.321 e. The normalized spacial score (nSPS) is 14.2. The number of nitrogens with zero attached hydrogens (tertiary/aromatic N) is 1. The second kappa shape index (κ2) is 6.86. The predicted molar refractivity (Wildman–Crippen MR) is 98.0 cm³/mol. The first-order valence-electron chi connectivity index (χ1n) is 7.18. The number of rotatable bonds is 3. The SMILES string of the molecule is O=C(Nc1cc(Br)ccc1Br)c1cccc(N2C(=O)CCC2=O)c1. The number of imide groups is 1. The minimum absolute atomic E-state index is 0.209. The maximum atomic E-state index is 12.5. The van der Waals surface area contributed by atoms with Crippen LogP contribution >= 0.6 is 31.9 Å². The summed E-state index contributed by atoms with van der Waals surface area (Å²) >= 11 is 6.74. The summed E-state index contributed by atoms with van der Waals surface area (Å²) in [6.07, 6.45) is 0.417. The molecule has 24 heavy (non-hydrogen) atoms. The Labute approximate surface area is 155 Å². The van der Waals surface area contributed by atoms with Crippen LogP contribution in [-0.4, -0.2) is 17.7 Å². The van der Waals surface area contributed by atoms with Crippen LogP contribution in [0.4, 0.5) is 11.4 Å². The summed E-state index contributed by atoms with van der Waals surface area (Å²) in [5, 5.41) is 2.80. The van der Waals surface area contributed by atoms with Crippen LogP contribution < -0.4 is 10.2 Å². The average molecular weight is 452 g/mol.